The Morgan fingerprint density at radius 3 is 1.22 bits per heavy atom. The number of thiophene rings is 4. The molecule has 4 aliphatic rings. The van der Waals surface area contributed by atoms with E-state index >= 15 is 0 Å². The summed E-state index contributed by atoms with van der Waals surface area (Å²) in [7, 11) is 0. The minimum atomic E-state index is 0. The average molecular weight is 844 g/mol. The first-order chi connectivity index (χ1) is 15.4. The van der Waals surface area contributed by atoms with Gasteiger partial charge in [0.1, 0.15) is 0 Å². The molecule has 4 aromatic heterocycles. The van der Waals surface area contributed by atoms with Gasteiger partial charge in [-0.1, -0.05) is 49.4 Å². The third-order valence-corrected chi connectivity index (χ3v) is 12.0. The summed E-state index contributed by atoms with van der Waals surface area (Å²) in [4.78, 5) is 11.9. The molecule has 0 saturated heterocycles. The Morgan fingerprint density at radius 2 is 0.833 bits per heavy atom. The summed E-state index contributed by atoms with van der Waals surface area (Å²) in [6.45, 7) is 8.72. The van der Waals surface area contributed by atoms with E-state index in [2.05, 4.69) is 52.0 Å². The van der Waals surface area contributed by atoms with Crippen LogP contribution in [0.1, 0.15) is 84.9 Å². The Morgan fingerprint density at radius 1 is 0.472 bits per heavy atom. The molecule has 8 rings (SSSR count). The van der Waals surface area contributed by atoms with Crippen molar-refractivity contribution in [2.45, 2.75) is 77.0 Å². The molecule has 0 saturated carbocycles. The van der Waals surface area contributed by atoms with Crippen molar-refractivity contribution >= 4 is 45.3 Å². The zero-order chi connectivity index (χ0) is 21.7. The molecule has 4 radical (unpaired) electrons. The molecule has 4 atom stereocenters. The molecule has 0 amide bonds. The van der Waals surface area contributed by atoms with Crippen LogP contribution in [0.2, 0.25) is 0 Å². The maximum absolute atomic E-state index is 3.58. The van der Waals surface area contributed by atoms with E-state index in [1.165, 1.54) is 67.4 Å². The number of rotatable bonds is 0. The Bertz CT molecular complexity index is 1170. The molecule has 0 aromatic carbocycles. The van der Waals surface area contributed by atoms with Crippen molar-refractivity contribution in [3.05, 3.63) is 85.5 Å². The van der Waals surface area contributed by atoms with E-state index in [0.29, 0.717) is 0 Å². The van der Waals surface area contributed by atoms with Crippen LogP contribution in [-0.4, -0.2) is 0 Å². The minimum absolute atomic E-state index is 0. The van der Waals surface area contributed by atoms with E-state index < -0.39 is 0 Å². The minimum Gasteiger partial charge on any atom is -0.266 e. The third-order valence-electron chi connectivity index (χ3n) is 7.59. The zero-order valence-corrected chi connectivity index (χ0v) is 35.7. The van der Waals surface area contributed by atoms with Gasteiger partial charge in [-0.25, -0.2) is 46.5 Å². The van der Waals surface area contributed by atoms with Crippen LogP contribution in [-0.2, 0) is 157 Å². The fraction of sp³-hybridized carbons (Fsp3) is 0.429. The van der Waals surface area contributed by atoms with Crippen molar-refractivity contribution in [1.29, 1.82) is 0 Å². The van der Waals surface area contributed by atoms with E-state index in [-0.39, 0.29) is 131 Å². The molecular formula is C28H24S4Y4-4. The summed E-state index contributed by atoms with van der Waals surface area (Å²) in [6, 6.07) is 14.2. The van der Waals surface area contributed by atoms with E-state index in [1.54, 1.807) is 19.5 Å². The molecule has 0 aliphatic heterocycles. The normalized spacial score (nSPS) is 22.8. The summed E-state index contributed by atoms with van der Waals surface area (Å²) < 4.78 is 0. The van der Waals surface area contributed by atoms with Gasteiger partial charge in [0.05, 0.1) is 0 Å². The van der Waals surface area contributed by atoms with Gasteiger partial charge in [0, 0.05) is 131 Å². The topological polar surface area (TPSA) is 0 Å². The average Bonchev–Trinajstić information content (AvgIpc) is 3.53. The van der Waals surface area contributed by atoms with Gasteiger partial charge in [-0.05, 0) is 27.7 Å². The third kappa shape index (κ3) is 5.87. The Labute approximate surface area is 332 Å². The van der Waals surface area contributed by atoms with Gasteiger partial charge in [0.15, 0.2) is 0 Å². The Kier molecular flexibility index (Phi) is 12.4. The van der Waals surface area contributed by atoms with Crippen molar-refractivity contribution in [2.24, 2.45) is 0 Å². The van der Waals surface area contributed by atoms with Gasteiger partial charge < -0.3 is 0 Å². The fourth-order valence-electron chi connectivity index (χ4n) is 6.47. The number of hydrogen-bond acceptors (Lipinski definition) is 4. The summed E-state index contributed by atoms with van der Waals surface area (Å²) in [5.74, 6) is 3.00. The number of aryl methyl sites for hydroxylation is 4. The summed E-state index contributed by atoms with van der Waals surface area (Å²) >= 11 is 7.83. The quantitative estimate of drug-likeness (QED) is 0.158. The molecule has 176 valence electrons. The fourth-order valence-corrected chi connectivity index (χ4v) is 11.0. The van der Waals surface area contributed by atoms with Crippen LogP contribution < -0.4 is 0 Å². The van der Waals surface area contributed by atoms with Gasteiger partial charge in [0.25, 0.3) is 0 Å². The maximum Gasteiger partial charge on any atom is 0 e. The molecule has 0 bridgehead atoms. The van der Waals surface area contributed by atoms with Crippen LogP contribution in [0, 0.1) is 52.0 Å². The first kappa shape index (κ1) is 33.7. The first-order valence-electron chi connectivity index (χ1n) is 11.5. The van der Waals surface area contributed by atoms with Crippen LogP contribution in [0.4, 0.5) is 0 Å². The van der Waals surface area contributed by atoms with Gasteiger partial charge in [-0.3, -0.25) is 45.3 Å². The first-order valence-corrected chi connectivity index (χ1v) is 14.8. The predicted molar refractivity (Wildman–Crippen MR) is 137 cm³/mol. The van der Waals surface area contributed by atoms with Crippen molar-refractivity contribution < 1.29 is 131 Å². The van der Waals surface area contributed by atoms with Crippen molar-refractivity contribution in [1.82, 2.24) is 0 Å². The SMILES string of the molecule is Cc1[c-]c2c(s1)C1Cc3[c-]c(C)sc3C1C2.Cc1[c-]c2c(s1)CC1c3[c-]c(C)sc3CC21.[Y].[Y].[Y].[Y]. The smallest absolute Gasteiger partial charge is 0 e. The maximum atomic E-state index is 3.58. The van der Waals surface area contributed by atoms with Crippen LogP contribution in [0.25, 0.3) is 0 Å². The van der Waals surface area contributed by atoms with Gasteiger partial charge in [0.2, 0.25) is 0 Å². The molecule has 8 heteroatoms. The molecule has 4 unspecified atom stereocenters. The molecule has 0 spiro atoms. The number of hydrogen-bond donors (Lipinski definition) is 0. The number of fused-ring (bicyclic) bond motifs is 10. The largest absolute Gasteiger partial charge is 0.266 e. The molecule has 4 aromatic rings. The van der Waals surface area contributed by atoms with Crippen molar-refractivity contribution in [3.8, 4) is 0 Å². The Balaban J connectivity index is 0.000000180. The second kappa shape index (κ2) is 13.2. The van der Waals surface area contributed by atoms with E-state index in [0.717, 1.165) is 23.7 Å². The molecule has 0 fully saturated rings. The molecule has 4 heterocycles. The van der Waals surface area contributed by atoms with E-state index in [1.807, 2.05) is 45.3 Å². The van der Waals surface area contributed by atoms with Crippen molar-refractivity contribution in [3.63, 3.8) is 0 Å². The van der Waals surface area contributed by atoms with Crippen LogP contribution in [0.15, 0.2) is 0 Å². The monoisotopic (exact) mass is 844 g/mol. The molecule has 0 N–H and O–H groups in total. The van der Waals surface area contributed by atoms with Gasteiger partial charge in [-0.2, -0.15) is 0 Å². The summed E-state index contributed by atoms with van der Waals surface area (Å²) in [6.07, 6.45) is 4.94. The summed E-state index contributed by atoms with van der Waals surface area (Å²) in [5, 5.41) is 0. The molecular weight excluding hydrogens is 820 g/mol. The van der Waals surface area contributed by atoms with Crippen molar-refractivity contribution in [2.75, 3.05) is 0 Å². The van der Waals surface area contributed by atoms with E-state index in [4.69, 9.17) is 0 Å². The zero-order valence-electron chi connectivity index (χ0n) is 21.1. The van der Waals surface area contributed by atoms with Crippen LogP contribution in [0.5, 0.6) is 0 Å². The van der Waals surface area contributed by atoms with E-state index in [9.17, 15) is 0 Å². The summed E-state index contributed by atoms with van der Waals surface area (Å²) in [5.41, 5.74) is 6.08. The van der Waals surface area contributed by atoms with Gasteiger partial charge >= 0.3 is 0 Å². The van der Waals surface area contributed by atoms with Crippen LogP contribution >= 0.6 is 45.3 Å². The molecule has 4 aliphatic carbocycles. The second-order valence-electron chi connectivity index (χ2n) is 9.73. The Hall–Kier alpha value is 3.22. The molecule has 0 nitrogen and oxygen atoms in total. The second-order valence-corrected chi connectivity index (χ2v) is 14.9. The predicted octanol–water partition coefficient (Wildman–Crippen LogP) is 8.00. The van der Waals surface area contributed by atoms with Crippen LogP contribution in [0.3, 0.4) is 0 Å². The molecule has 36 heavy (non-hydrogen) atoms. The standard InChI is InChI=1S/2C14H12S2.4Y/c1-7-3-11-9-6-14-12(4-8(2)16-14)10(9)5-13(11)15-7;1-7-3-9-5-12-11(13(9)15-7)6-10-4-8(2)16-14(10)12;;;;/h9-10H,5-6H2,1-2H3;11-12H,5-6H2,1-2H3;;;;/q2*-2;;;;. The van der Waals surface area contributed by atoms with Gasteiger partial charge in [-0.15, -0.1) is 39.0 Å².